The highest BCUT2D eigenvalue weighted by Gasteiger charge is 2.26. The van der Waals surface area contributed by atoms with Crippen LogP contribution < -0.4 is 10.1 Å². The second kappa shape index (κ2) is 7.53. The molecule has 1 fully saturated rings. The van der Waals surface area contributed by atoms with E-state index < -0.39 is 6.10 Å². The first-order chi connectivity index (χ1) is 13.0. The van der Waals surface area contributed by atoms with E-state index in [4.69, 9.17) is 16.3 Å². The predicted octanol–water partition coefficient (Wildman–Crippen LogP) is 4.75. The number of anilines is 1. The molecule has 27 heavy (non-hydrogen) atoms. The van der Waals surface area contributed by atoms with E-state index in [1.54, 1.807) is 6.92 Å². The number of likely N-dealkylation sites (tertiary alicyclic amines) is 1. The molecule has 2 aliphatic rings. The van der Waals surface area contributed by atoms with E-state index in [0.29, 0.717) is 5.92 Å². The molecule has 1 saturated heterocycles. The summed E-state index contributed by atoms with van der Waals surface area (Å²) in [5.41, 5.74) is 4.56. The van der Waals surface area contributed by atoms with Crippen molar-refractivity contribution in [3.05, 3.63) is 58.1 Å². The number of amides is 1. The van der Waals surface area contributed by atoms with E-state index in [2.05, 4.69) is 35.3 Å². The third-order valence-electron chi connectivity index (χ3n) is 5.78. The molecule has 0 aromatic heterocycles. The molecule has 2 aromatic rings. The summed E-state index contributed by atoms with van der Waals surface area (Å²) in [5.74, 6) is 1.30. The fraction of sp³-hybridized carbons (Fsp3) is 0.409. The highest BCUT2D eigenvalue weighted by Crippen LogP contribution is 2.36. The second-order valence-electron chi connectivity index (χ2n) is 7.57. The van der Waals surface area contributed by atoms with Gasteiger partial charge in [0.05, 0.1) is 5.69 Å². The normalized spacial score (nSPS) is 20.7. The predicted molar refractivity (Wildman–Crippen MR) is 109 cm³/mol. The summed E-state index contributed by atoms with van der Waals surface area (Å²) in [6.45, 7) is 6.88. The van der Waals surface area contributed by atoms with Gasteiger partial charge in [0.25, 0.3) is 5.91 Å². The number of nitrogens with one attached hydrogen (secondary N) is 1. The summed E-state index contributed by atoms with van der Waals surface area (Å²) in [6.07, 6.45) is 1.88. The van der Waals surface area contributed by atoms with Crippen LogP contribution in [-0.2, 0) is 11.3 Å². The Morgan fingerprint density at radius 3 is 2.56 bits per heavy atom. The van der Waals surface area contributed by atoms with Gasteiger partial charge in [-0.1, -0.05) is 29.8 Å². The summed E-state index contributed by atoms with van der Waals surface area (Å²) >= 11 is 6.00. The number of hydrogen-bond acceptors (Lipinski definition) is 3. The molecule has 142 valence electrons. The average molecular weight is 385 g/mol. The van der Waals surface area contributed by atoms with Gasteiger partial charge < -0.3 is 10.1 Å². The van der Waals surface area contributed by atoms with Crippen LogP contribution in [-0.4, -0.2) is 30.0 Å². The molecule has 1 atom stereocenters. The molecule has 0 saturated carbocycles. The number of benzene rings is 2. The lowest BCUT2D eigenvalue weighted by atomic mass is 9.89. The first-order valence-electron chi connectivity index (χ1n) is 9.59. The van der Waals surface area contributed by atoms with Crippen LogP contribution in [0.25, 0.3) is 0 Å². The van der Waals surface area contributed by atoms with E-state index in [9.17, 15) is 4.79 Å². The van der Waals surface area contributed by atoms with Crippen LogP contribution in [0.1, 0.15) is 42.4 Å². The molecule has 2 aliphatic heterocycles. The molecule has 1 amide bonds. The quantitative estimate of drug-likeness (QED) is 0.830. The van der Waals surface area contributed by atoms with Crippen molar-refractivity contribution in [1.82, 2.24) is 4.90 Å². The van der Waals surface area contributed by atoms with E-state index in [1.807, 2.05) is 18.2 Å². The standard InChI is InChI=1S/C22H25ClN2O2/c1-14-18(5-8-20-21(14)24-22(26)15(2)27-20)13-25-11-9-17(10-12-25)16-3-6-19(23)7-4-16/h3-8,15,17H,9-13H2,1-2H3,(H,24,26). The lowest BCUT2D eigenvalue weighted by molar-refractivity contribution is -0.122. The molecule has 2 aromatic carbocycles. The van der Waals surface area contributed by atoms with E-state index in [-0.39, 0.29) is 5.91 Å². The fourth-order valence-electron chi connectivity index (χ4n) is 4.02. The van der Waals surface area contributed by atoms with Gasteiger partial charge in [0.1, 0.15) is 5.75 Å². The van der Waals surface area contributed by atoms with Gasteiger partial charge in [-0.15, -0.1) is 0 Å². The summed E-state index contributed by atoms with van der Waals surface area (Å²) in [7, 11) is 0. The van der Waals surface area contributed by atoms with Crippen LogP contribution in [0.15, 0.2) is 36.4 Å². The SMILES string of the molecule is Cc1c(CN2CCC(c3ccc(Cl)cc3)CC2)ccc2c1NC(=O)C(C)O2. The van der Waals surface area contributed by atoms with Crippen molar-refractivity contribution in [2.75, 3.05) is 18.4 Å². The Hall–Kier alpha value is -2.04. The van der Waals surface area contributed by atoms with Crippen molar-refractivity contribution in [3.63, 3.8) is 0 Å². The minimum atomic E-state index is -0.436. The Balaban J connectivity index is 1.41. The molecule has 4 rings (SSSR count). The Kier molecular flexibility index (Phi) is 5.11. The van der Waals surface area contributed by atoms with Gasteiger partial charge in [0, 0.05) is 11.6 Å². The van der Waals surface area contributed by atoms with Gasteiger partial charge in [-0.25, -0.2) is 0 Å². The maximum absolute atomic E-state index is 11.9. The van der Waals surface area contributed by atoms with Crippen LogP contribution >= 0.6 is 11.6 Å². The molecule has 0 aliphatic carbocycles. The molecular formula is C22H25ClN2O2. The van der Waals surface area contributed by atoms with E-state index in [0.717, 1.165) is 54.5 Å². The zero-order chi connectivity index (χ0) is 19.0. The smallest absolute Gasteiger partial charge is 0.265 e. The topological polar surface area (TPSA) is 41.6 Å². The van der Waals surface area contributed by atoms with Gasteiger partial charge in [-0.3, -0.25) is 9.69 Å². The monoisotopic (exact) mass is 384 g/mol. The lowest BCUT2D eigenvalue weighted by Crippen LogP contribution is -2.35. The van der Waals surface area contributed by atoms with Crippen molar-refractivity contribution < 1.29 is 9.53 Å². The average Bonchev–Trinajstić information content (AvgIpc) is 2.67. The number of fused-ring (bicyclic) bond motifs is 1. The highest BCUT2D eigenvalue weighted by molar-refractivity contribution is 6.30. The first-order valence-corrected chi connectivity index (χ1v) is 9.97. The molecule has 1 unspecified atom stereocenters. The van der Waals surface area contributed by atoms with Crippen molar-refractivity contribution in [3.8, 4) is 5.75 Å². The zero-order valence-electron chi connectivity index (χ0n) is 15.8. The summed E-state index contributed by atoms with van der Waals surface area (Å²) in [4.78, 5) is 14.4. The number of piperidine rings is 1. The van der Waals surface area contributed by atoms with Gasteiger partial charge in [0.2, 0.25) is 0 Å². The molecule has 0 spiro atoms. The number of ether oxygens (including phenoxy) is 1. The summed E-state index contributed by atoms with van der Waals surface area (Å²) in [6, 6.07) is 12.4. The Morgan fingerprint density at radius 1 is 1.15 bits per heavy atom. The number of halogens is 1. The van der Waals surface area contributed by atoms with Crippen molar-refractivity contribution in [2.45, 2.75) is 45.3 Å². The molecule has 4 nitrogen and oxygen atoms in total. The number of carbonyl (C=O) groups is 1. The van der Waals surface area contributed by atoms with Gasteiger partial charge in [-0.2, -0.15) is 0 Å². The number of hydrogen-bond donors (Lipinski definition) is 1. The van der Waals surface area contributed by atoms with Crippen LogP contribution in [0, 0.1) is 6.92 Å². The molecule has 1 N–H and O–H groups in total. The van der Waals surface area contributed by atoms with Gasteiger partial charge in [0.15, 0.2) is 6.10 Å². The molecule has 5 heteroatoms. The molecule has 2 heterocycles. The fourth-order valence-corrected chi connectivity index (χ4v) is 4.15. The first kappa shape index (κ1) is 18.3. The molecular weight excluding hydrogens is 360 g/mol. The summed E-state index contributed by atoms with van der Waals surface area (Å²) < 4.78 is 5.71. The van der Waals surface area contributed by atoms with E-state index >= 15 is 0 Å². The van der Waals surface area contributed by atoms with Crippen LogP contribution in [0.4, 0.5) is 5.69 Å². The number of carbonyl (C=O) groups excluding carboxylic acids is 1. The van der Waals surface area contributed by atoms with Gasteiger partial charge >= 0.3 is 0 Å². The molecule has 0 radical (unpaired) electrons. The Bertz CT molecular complexity index is 842. The molecule has 0 bridgehead atoms. The zero-order valence-corrected chi connectivity index (χ0v) is 16.6. The van der Waals surface area contributed by atoms with Crippen molar-refractivity contribution in [2.24, 2.45) is 0 Å². The Labute approximate surface area is 165 Å². The largest absolute Gasteiger partial charge is 0.479 e. The summed E-state index contributed by atoms with van der Waals surface area (Å²) in [5, 5.41) is 3.79. The minimum absolute atomic E-state index is 0.0773. The number of nitrogens with zero attached hydrogens (tertiary/aromatic N) is 1. The number of rotatable bonds is 3. The van der Waals surface area contributed by atoms with Crippen molar-refractivity contribution >= 4 is 23.2 Å². The highest BCUT2D eigenvalue weighted by atomic mass is 35.5. The van der Waals surface area contributed by atoms with E-state index in [1.165, 1.54) is 11.1 Å². The maximum atomic E-state index is 11.9. The maximum Gasteiger partial charge on any atom is 0.265 e. The second-order valence-corrected chi connectivity index (χ2v) is 8.01. The van der Waals surface area contributed by atoms with Crippen molar-refractivity contribution in [1.29, 1.82) is 0 Å². The Morgan fingerprint density at radius 2 is 1.85 bits per heavy atom. The minimum Gasteiger partial charge on any atom is -0.479 e. The van der Waals surface area contributed by atoms with Crippen LogP contribution in [0.5, 0.6) is 5.75 Å². The van der Waals surface area contributed by atoms with Crippen LogP contribution in [0.3, 0.4) is 0 Å². The van der Waals surface area contributed by atoms with Gasteiger partial charge in [-0.05, 0) is 80.6 Å². The lowest BCUT2D eigenvalue weighted by Gasteiger charge is -2.33. The third kappa shape index (κ3) is 3.83. The third-order valence-corrected chi connectivity index (χ3v) is 6.04. The van der Waals surface area contributed by atoms with Crippen LogP contribution in [0.2, 0.25) is 5.02 Å².